The van der Waals surface area contributed by atoms with Crippen molar-refractivity contribution in [2.75, 3.05) is 13.7 Å². The van der Waals surface area contributed by atoms with Crippen LogP contribution in [0.3, 0.4) is 0 Å². The molecule has 0 N–H and O–H groups in total. The fourth-order valence-corrected chi connectivity index (χ4v) is 2.23. The topological polar surface area (TPSA) is 18.5 Å². The second kappa shape index (κ2) is 4.13. The first-order valence-electron chi connectivity index (χ1n) is 5.76. The molecule has 17 heavy (non-hydrogen) atoms. The maximum Gasteiger partial charge on any atom is 0.123 e. The maximum absolute atomic E-state index is 5.70. The molecule has 0 aromatic heterocycles. The molecule has 0 saturated heterocycles. The SMILES string of the molecule is COc1ccc2c3c(ccc2c1)OCC=CC3. The molecule has 0 atom stereocenters. The van der Waals surface area contributed by atoms with Gasteiger partial charge in [0.15, 0.2) is 0 Å². The van der Waals surface area contributed by atoms with Crippen LogP contribution in [0.25, 0.3) is 10.8 Å². The Kier molecular flexibility index (Phi) is 2.48. The monoisotopic (exact) mass is 226 g/mol. The summed E-state index contributed by atoms with van der Waals surface area (Å²) in [6, 6.07) is 10.3. The zero-order valence-electron chi connectivity index (χ0n) is 9.77. The van der Waals surface area contributed by atoms with Gasteiger partial charge < -0.3 is 9.47 Å². The van der Waals surface area contributed by atoms with Crippen molar-refractivity contribution in [1.82, 2.24) is 0 Å². The van der Waals surface area contributed by atoms with Gasteiger partial charge in [-0.3, -0.25) is 0 Å². The molecule has 2 nitrogen and oxygen atoms in total. The van der Waals surface area contributed by atoms with E-state index in [9.17, 15) is 0 Å². The molecule has 2 heteroatoms. The predicted molar refractivity (Wildman–Crippen MR) is 68.8 cm³/mol. The van der Waals surface area contributed by atoms with E-state index >= 15 is 0 Å². The maximum atomic E-state index is 5.70. The molecule has 3 rings (SSSR count). The van der Waals surface area contributed by atoms with Crippen LogP contribution in [-0.4, -0.2) is 13.7 Å². The molecule has 2 aromatic carbocycles. The number of hydrogen-bond acceptors (Lipinski definition) is 2. The van der Waals surface area contributed by atoms with Crippen molar-refractivity contribution in [2.24, 2.45) is 0 Å². The highest BCUT2D eigenvalue weighted by atomic mass is 16.5. The van der Waals surface area contributed by atoms with E-state index in [0.717, 1.165) is 17.9 Å². The number of allylic oxidation sites excluding steroid dienone is 1. The lowest BCUT2D eigenvalue weighted by Gasteiger charge is -2.11. The minimum absolute atomic E-state index is 0.661. The van der Waals surface area contributed by atoms with Crippen LogP contribution < -0.4 is 9.47 Å². The van der Waals surface area contributed by atoms with E-state index in [0.29, 0.717) is 6.61 Å². The van der Waals surface area contributed by atoms with Gasteiger partial charge in [0.2, 0.25) is 0 Å². The van der Waals surface area contributed by atoms with E-state index in [1.807, 2.05) is 12.1 Å². The Bertz CT molecular complexity index is 585. The van der Waals surface area contributed by atoms with E-state index in [-0.39, 0.29) is 0 Å². The Balaban J connectivity index is 2.23. The Hall–Kier alpha value is -1.96. The molecule has 86 valence electrons. The molecule has 0 unspecified atom stereocenters. The summed E-state index contributed by atoms with van der Waals surface area (Å²) in [5, 5.41) is 2.44. The molecule has 0 spiro atoms. The van der Waals surface area contributed by atoms with Crippen molar-refractivity contribution in [3.8, 4) is 11.5 Å². The van der Waals surface area contributed by atoms with Gasteiger partial charge in [0.25, 0.3) is 0 Å². The number of hydrogen-bond donors (Lipinski definition) is 0. The molecule has 0 radical (unpaired) electrons. The highest BCUT2D eigenvalue weighted by molar-refractivity contribution is 5.89. The van der Waals surface area contributed by atoms with Crippen molar-refractivity contribution >= 4 is 10.8 Å². The molecule has 1 aliphatic heterocycles. The van der Waals surface area contributed by atoms with Crippen molar-refractivity contribution in [3.05, 3.63) is 48.0 Å². The van der Waals surface area contributed by atoms with Crippen LogP contribution in [0.5, 0.6) is 11.5 Å². The summed E-state index contributed by atoms with van der Waals surface area (Å²) >= 11 is 0. The highest BCUT2D eigenvalue weighted by Gasteiger charge is 2.10. The van der Waals surface area contributed by atoms with E-state index in [1.165, 1.54) is 16.3 Å². The summed E-state index contributed by atoms with van der Waals surface area (Å²) in [5.74, 6) is 1.88. The predicted octanol–water partition coefficient (Wildman–Crippen LogP) is 3.34. The largest absolute Gasteiger partial charge is 0.497 e. The van der Waals surface area contributed by atoms with Crippen molar-refractivity contribution in [2.45, 2.75) is 6.42 Å². The zero-order valence-corrected chi connectivity index (χ0v) is 9.77. The minimum Gasteiger partial charge on any atom is -0.497 e. The van der Waals surface area contributed by atoms with Crippen molar-refractivity contribution in [3.63, 3.8) is 0 Å². The van der Waals surface area contributed by atoms with Crippen LogP contribution in [-0.2, 0) is 6.42 Å². The van der Waals surface area contributed by atoms with Gasteiger partial charge in [0, 0.05) is 5.56 Å². The molecular formula is C15H14O2. The molecule has 1 heterocycles. The number of methoxy groups -OCH3 is 1. The highest BCUT2D eigenvalue weighted by Crippen LogP contribution is 2.32. The fourth-order valence-electron chi connectivity index (χ4n) is 2.23. The van der Waals surface area contributed by atoms with Crippen LogP contribution in [0.2, 0.25) is 0 Å². The summed E-state index contributed by atoms with van der Waals surface area (Å²) in [7, 11) is 1.69. The van der Waals surface area contributed by atoms with E-state index < -0.39 is 0 Å². The molecule has 0 amide bonds. The standard InChI is InChI=1S/C15H14O2/c1-16-12-6-7-13-11(10-12)5-8-15-14(13)4-2-3-9-17-15/h2-3,5-8,10H,4,9H2,1H3. The van der Waals surface area contributed by atoms with Gasteiger partial charge in [-0.1, -0.05) is 24.3 Å². The van der Waals surface area contributed by atoms with Gasteiger partial charge in [-0.15, -0.1) is 0 Å². The zero-order chi connectivity index (χ0) is 11.7. The van der Waals surface area contributed by atoms with Gasteiger partial charge >= 0.3 is 0 Å². The van der Waals surface area contributed by atoms with Crippen LogP contribution in [0.15, 0.2) is 42.5 Å². The van der Waals surface area contributed by atoms with Crippen molar-refractivity contribution < 1.29 is 9.47 Å². The Morgan fingerprint density at radius 1 is 1.12 bits per heavy atom. The van der Waals surface area contributed by atoms with Crippen molar-refractivity contribution in [1.29, 1.82) is 0 Å². The third-order valence-electron chi connectivity index (χ3n) is 3.12. The lowest BCUT2D eigenvalue weighted by molar-refractivity contribution is 0.363. The first-order chi connectivity index (χ1) is 8.38. The number of fused-ring (bicyclic) bond motifs is 3. The number of benzene rings is 2. The number of rotatable bonds is 1. The van der Waals surface area contributed by atoms with Gasteiger partial charge in [-0.2, -0.15) is 0 Å². The first-order valence-corrected chi connectivity index (χ1v) is 5.76. The van der Waals surface area contributed by atoms with Crippen LogP contribution >= 0.6 is 0 Å². The average Bonchev–Trinajstić information content (AvgIpc) is 2.63. The molecule has 0 aliphatic carbocycles. The van der Waals surface area contributed by atoms with E-state index in [2.05, 4.69) is 30.4 Å². The molecule has 2 aromatic rings. The van der Waals surface area contributed by atoms with Gasteiger partial charge in [-0.25, -0.2) is 0 Å². The lowest BCUT2D eigenvalue weighted by atomic mass is 10.0. The molecule has 0 bridgehead atoms. The summed E-state index contributed by atoms with van der Waals surface area (Å²) in [5.41, 5.74) is 1.26. The van der Waals surface area contributed by atoms with Crippen LogP contribution in [0.1, 0.15) is 5.56 Å². The quantitative estimate of drug-likeness (QED) is 0.694. The first kappa shape index (κ1) is 10.2. The van der Waals surface area contributed by atoms with Gasteiger partial charge in [-0.05, 0) is 35.4 Å². The normalized spacial score (nSPS) is 13.9. The minimum atomic E-state index is 0.661. The smallest absolute Gasteiger partial charge is 0.123 e. The average molecular weight is 226 g/mol. The van der Waals surface area contributed by atoms with E-state index in [1.54, 1.807) is 7.11 Å². The third-order valence-corrected chi connectivity index (χ3v) is 3.12. The summed E-state index contributed by atoms with van der Waals surface area (Å²) in [6.45, 7) is 0.661. The van der Waals surface area contributed by atoms with Crippen LogP contribution in [0.4, 0.5) is 0 Å². The lowest BCUT2D eigenvalue weighted by Crippen LogP contribution is -1.95. The third kappa shape index (κ3) is 1.76. The second-order valence-electron chi connectivity index (χ2n) is 4.12. The number of ether oxygens (including phenoxy) is 2. The van der Waals surface area contributed by atoms with Crippen LogP contribution in [0, 0.1) is 0 Å². The Morgan fingerprint density at radius 3 is 2.94 bits per heavy atom. The fraction of sp³-hybridized carbons (Fsp3) is 0.200. The van der Waals surface area contributed by atoms with E-state index in [4.69, 9.17) is 9.47 Å². The summed E-state index contributed by atoms with van der Waals surface area (Å²) in [4.78, 5) is 0. The van der Waals surface area contributed by atoms with Gasteiger partial charge in [0.1, 0.15) is 18.1 Å². The molecule has 0 saturated carbocycles. The molecule has 1 aliphatic rings. The molecule has 0 fully saturated rings. The Morgan fingerprint density at radius 2 is 2.06 bits per heavy atom. The summed E-state index contributed by atoms with van der Waals surface area (Å²) in [6.07, 6.45) is 5.16. The summed E-state index contributed by atoms with van der Waals surface area (Å²) < 4.78 is 10.9. The Labute approximate surface area is 100 Å². The van der Waals surface area contributed by atoms with Gasteiger partial charge in [0.05, 0.1) is 7.11 Å². The molecular weight excluding hydrogens is 212 g/mol. The second-order valence-corrected chi connectivity index (χ2v) is 4.12.